The minimum Gasteiger partial charge on any atom is -0.351 e. The zero-order chi connectivity index (χ0) is 16.7. The van der Waals surface area contributed by atoms with Gasteiger partial charge < -0.3 is 10.3 Å². The average Bonchev–Trinajstić information content (AvgIpc) is 3.34. The molecule has 0 radical (unpaired) electrons. The van der Waals surface area contributed by atoms with Gasteiger partial charge in [0, 0.05) is 17.1 Å². The summed E-state index contributed by atoms with van der Waals surface area (Å²) in [6.45, 7) is 1.90. The van der Waals surface area contributed by atoms with Crippen LogP contribution in [-0.2, 0) is 0 Å². The fourth-order valence-electron chi connectivity index (χ4n) is 2.91. The molecule has 1 aromatic carbocycles. The Morgan fingerprint density at radius 1 is 1.29 bits per heavy atom. The van der Waals surface area contributed by atoms with Gasteiger partial charge in [-0.15, -0.1) is 0 Å². The van der Waals surface area contributed by atoms with Crippen LogP contribution < -0.4 is 5.32 Å². The molecule has 0 saturated heterocycles. The highest BCUT2D eigenvalue weighted by Gasteiger charge is 2.24. The smallest absolute Gasteiger partial charge is 0.268 e. The molecule has 1 fully saturated rings. The highest BCUT2D eigenvalue weighted by Crippen LogP contribution is 2.39. The minimum absolute atomic E-state index is 0.200. The monoisotopic (exact) mass is 323 g/mol. The summed E-state index contributed by atoms with van der Waals surface area (Å²) in [6, 6.07) is 9.92. The molecule has 5 heteroatoms. The Hall–Kier alpha value is -2.69. The SMILES string of the molecule is CC(NC(=O)c1cc2cc(F)ccc2[nH]1)c1ccc(C2CC2)cn1. The summed E-state index contributed by atoms with van der Waals surface area (Å²) in [4.78, 5) is 19.9. The molecule has 2 aromatic heterocycles. The van der Waals surface area contributed by atoms with Crippen molar-refractivity contribution in [1.82, 2.24) is 15.3 Å². The molecular formula is C19H18FN3O. The zero-order valence-corrected chi connectivity index (χ0v) is 13.3. The Morgan fingerprint density at radius 3 is 2.83 bits per heavy atom. The molecule has 24 heavy (non-hydrogen) atoms. The number of carbonyl (C=O) groups excluding carboxylic acids is 1. The first-order valence-electron chi connectivity index (χ1n) is 8.15. The number of nitrogens with one attached hydrogen (secondary N) is 2. The van der Waals surface area contributed by atoms with Crippen molar-refractivity contribution in [2.45, 2.75) is 31.7 Å². The van der Waals surface area contributed by atoms with Crippen LogP contribution in [0.2, 0.25) is 0 Å². The van der Waals surface area contributed by atoms with Gasteiger partial charge in [0.1, 0.15) is 11.5 Å². The second kappa shape index (κ2) is 5.74. The van der Waals surface area contributed by atoms with Crippen LogP contribution in [0.15, 0.2) is 42.6 Å². The van der Waals surface area contributed by atoms with E-state index >= 15 is 0 Å². The number of carbonyl (C=O) groups is 1. The van der Waals surface area contributed by atoms with Gasteiger partial charge in [0.15, 0.2) is 0 Å². The van der Waals surface area contributed by atoms with Gasteiger partial charge in [-0.05, 0) is 61.6 Å². The second-order valence-corrected chi connectivity index (χ2v) is 6.40. The standard InChI is InChI=1S/C19H18FN3O/c1-11(16-6-4-13(10-21-16)12-2-3-12)22-19(24)18-9-14-8-15(20)5-7-17(14)23-18/h4-12,23H,2-3H2,1H3,(H,22,24). The van der Waals surface area contributed by atoms with Gasteiger partial charge in [-0.2, -0.15) is 0 Å². The lowest BCUT2D eigenvalue weighted by Crippen LogP contribution is -2.27. The topological polar surface area (TPSA) is 57.8 Å². The molecule has 0 aliphatic heterocycles. The molecule has 1 atom stereocenters. The van der Waals surface area contributed by atoms with Gasteiger partial charge in [-0.3, -0.25) is 9.78 Å². The van der Waals surface area contributed by atoms with E-state index in [0.717, 1.165) is 11.2 Å². The molecule has 3 aromatic rings. The van der Waals surface area contributed by atoms with Gasteiger partial charge in [-0.25, -0.2) is 4.39 Å². The molecule has 2 heterocycles. The largest absolute Gasteiger partial charge is 0.351 e. The summed E-state index contributed by atoms with van der Waals surface area (Å²) < 4.78 is 13.2. The number of nitrogens with zero attached hydrogens (tertiary/aromatic N) is 1. The Kier molecular flexibility index (Phi) is 3.56. The number of aromatic amines is 1. The first kappa shape index (κ1) is 14.9. The number of fused-ring (bicyclic) bond motifs is 1. The lowest BCUT2D eigenvalue weighted by molar-refractivity contribution is 0.0935. The van der Waals surface area contributed by atoms with Gasteiger partial charge in [0.2, 0.25) is 0 Å². The molecule has 4 rings (SSSR count). The van der Waals surface area contributed by atoms with Crippen LogP contribution in [0.25, 0.3) is 10.9 Å². The van der Waals surface area contributed by atoms with Crippen molar-refractivity contribution in [3.05, 3.63) is 65.4 Å². The summed E-state index contributed by atoms with van der Waals surface area (Å²) in [5.74, 6) is 0.122. The van der Waals surface area contributed by atoms with Gasteiger partial charge in [0.05, 0.1) is 11.7 Å². The number of hydrogen-bond acceptors (Lipinski definition) is 2. The summed E-state index contributed by atoms with van der Waals surface area (Å²) in [6.07, 6.45) is 4.39. The molecule has 1 aliphatic carbocycles. The van der Waals surface area contributed by atoms with Crippen molar-refractivity contribution in [3.8, 4) is 0 Å². The highest BCUT2D eigenvalue weighted by atomic mass is 19.1. The molecule has 1 saturated carbocycles. The second-order valence-electron chi connectivity index (χ2n) is 6.40. The molecule has 0 spiro atoms. The number of rotatable bonds is 4. The maximum Gasteiger partial charge on any atom is 0.268 e. The van der Waals surface area contributed by atoms with Crippen molar-refractivity contribution in [2.24, 2.45) is 0 Å². The van der Waals surface area contributed by atoms with E-state index in [4.69, 9.17) is 0 Å². The molecule has 0 bridgehead atoms. The number of pyridine rings is 1. The summed E-state index contributed by atoms with van der Waals surface area (Å²) in [5, 5.41) is 3.61. The van der Waals surface area contributed by atoms with E-state index in [1.165, 1.54) is 30.5 Å². The maximum atomic E-state index is 13.2. The van der Waals surface area contributed by atoms with Crippen LogP contribution in [0.4, 0.5) is 4.39 Å². The summed E-state index contributed by atoms with van der Waals surface area (Å²) in [5.41, 5.74) is 3.25. The number of H-pyrrole nitrogens is 1. The molecule has 4 nitrogen and oxygen atoms in total. The van der Waals surface area contributed by atoms with E-state index in [1.807, 2.05) is 19.2 Å². The predicted molar refractivity (Wildman–Crippen MR) is 90.3 cm³/mol. The highest BCUT2D eigenvalue weighted by molar-refractivity contribution is 5.98. The summed E-state index contributed by atoms with van der Waals surface area (Å²) in [7, 11) is 0. The van der Waals surface area contributed by atoms with Crippen LogP contribution in [0, 0.1) is 5.82 Å². The fourth-order valence-corrected chi connectivity index (χ4v) is 2.91. The van der Waals surface area contributed by atoms with E-state index in [2.05, 4.69) is 21.4 Å². The quantitative estimate of drug-likeness (QED) is 0.760. The Balaban J connectivity index is 1.49. The molecular weight excluding hydrogens is 305 g/mol. The van der Waals surface area contributed by atoms with Crippen molar-refractivity contribution < 1.29 is 9.18 Å². The predicted octanol–water partition coefficient (Wildman–Crippen LogP) is 4.07. The maximum absolute atomic E-state index is 13.2. The fraction of sp³-hybridized carbons (Fsp3) is 0.263. The van der Waals surface area contributed by atoms with Crippen LogP contribution in [0.1, 0.15) is 53.5 Å². The third-order valence-corrected chi connectivity index (χ3v) is 4.48. The number of aromatic nitrogens is 2. The van der Waals surface area contributed by atoms with E-state index in [-0.39, 0.29) is 17.8 Å². The molecule has 1 unspecified atom stereocenters. The van der Waals surface area contributed by atoms with Crippen molar-refractivity contribution >= 4 is 16.8 Å². The molecule has 1 amide bonds. The Labute approximate surface area is 139 Å². The van der Waals surface area contributed by atoms with Gasteiger partial charge >= 0.3 is 0 Å². The zero-order valence-electron chi connectivity index (χ0n) is 13.3. The van der Waals surface area contributed by atoms with E-state index in [9.17, 15) is 9.18 Å². The third kappa shape index (κ3) is 2.89. The van der Waals surface area contributed by atoms with Gasteiger partial charge in [-0.1, -0.05) is 6.07 Å². The number of benzene rings is 1. The van der Waals surface area contributed by atoms with Crippen LogP contribution in [0.3, 0.4) is 0 Å². The first-order valence-corrected chi connectivity index (χ1v) is 8.15. The lowest BCUT2D eigenvalue weighted by atomic mass is 10.1. The van der Waals surface area contributed by atoms with Crippen LogP contribution in [-0.4, -0.2) is 15.9 Å². The lowest BCUT2D eigenvalue weighted by Gasteiger charge is -2.13. The van der Waals surface area contributed by atoms with Gasteiger partial charge in [0.25, 0.3) is 5.91 Å². The number of hydrogen-bond donors (Lipinski definition) is 2. The van der Waals surface area contributed by atoms with Crippen molar-refractivity contribution in [2.75, 3.05) is 0 Å². The first-order chi connectivity index (χ1) is 11.6. The molecule has 1 aliphatic rings. The number of amides is 1. The van der Waals surface area contributed by atoms with Crippen LogP contribution >= 0.6 is 0 Å². The van der Waals surface area contributed by atoms with E-state index in [0.29, 0.717) is 17.0 Å². The van der Waals surface area contributed by atoms with E-state index in [1.54, 1.807) is 12.1 Å². The molecule has 122 valence electrons. The minimum atomic E-state index is -0.318. The Bertz CT molecular complexity index is 897. The normalized spacial score (nSPS) is 15.4. The van der Waals surface area contributed by atoms with Crippen LogP contribution in [0.5, 0.6) is 0 Å². The number of halogens is 1. The van der Waals surface area contributed by atoms with Crippen molar-refractivity contribution in [1.29, 1.82) is 0 Å². The third-order valence-electron chi connectivity index (χ3n) is 4.48. The Morgan fingerprint density at radius 2 is 2.12 bits per heavy atom. The molecule has 2 N–H and O–H groups in total. The van der Waals surface area contributed by atoms with E-state index < -0.39 is 0 Å². The van der Waals surface area contributed by atoms with Crippen molar-refractivity contribution in [3.63, 3.8) is 0 Å². The average molecular weight is 323 g/mol. The summed E-state index contributed by atoms with van der Waals surface area (Å²) >= 11 is 0.